The fraction of sp³-hybridized carbons (Fsp3) is 0.385. The summed E-state index contributed by atoms with van der Waals surface area (Å²) < 4.78 is 1.31. The second kappa shape index (κ2) is 5.08. The second-order valence-corrected chi connectivity index (χ2v) is 5.65. The van der Waals surface area contributed by atoms with E-state index in [2.05, 4.69) is 71.3 Å². The topological polar surface area (TPSA) is 15.3 Å². The van der Waals surface area contributed by atoms with Crippen LogP contribution in [-0.4, -0.2) is 25.5 Å². The van der Waals surface area contributed by atoms with Crippen molar-refractivity contribution >= 4 is 28.3 Å². The molecule has 16 heavy (non-hydrogen) atoms. The highest BCUT2D eigenvalue weighted by atomic mass is 127. The molecule has 0 unspecified atom stereocenters. The Balaban J connectivity index is 2.29. The lowest BCUT2D eigenvalue weighted by Crippen LogP contribution is -2.05. The van der Waals surface area contributed by atoms with Crippen LogP contribution in [0.1, 0.15) is 12.0 Å². The first-order valence-electron chi connectivity index (χ1n) is 5.53. The molecule has 2 nitrogen and oxygen atoms in total. The van der Waals surface area contributed by atoms with Gasteiger partial charge in [0.2, 0.25) is 0 Å². The Hall–Kier alpha value is -0.710. The van der Waals surface area contributed by atoms with Crippen molar-refractivity contribution in [2.45, 2.75) is 12.8 Å². The maximum Gasteiger partial charge on any atom is 0.0376 e. The molecule has 0 saturated heterocycles. The van der Waals surface area contributed by atoms with Crippen LogP contribution in [0.4, 0.5) is 5.69 Å². The van der Waals surface area contributed by atoms with Crippen LogP contribution in [0.2, 0.25) is 0 Å². The summed E-state index contributed by atoms with van der Waals surface area (Å²) in [5.74, 6) is 0. The summed E-state index contributed by atoms with van der Waals surface area (Å²) in [5.41, 5.74) is 4.21. The smallest absolute Gasteiger partial charge is 0.0376 e. The Bertz CT molecular complexity index is 410. The fourth-order valence-corrected chi connectivity index (χ4v) is 2.60. The van der Waals surface area contributed by atoms with Gasteiger partial charge in [0.05, 0.1) is 0 Å². The Kier molecular flexibility index (Phi) is 3.74. The number of fused-ring (bicyclic) bond motifs is 1. The highest BCUT2D eigenvalue weighted by Crippen LogP contribution is 2.25. The van der Waals surface area contributed by atoms with Crippen LogP contribution in [0.15, 0.2) is 30.0 Å². The molecule has 0 saturated carbocycles. The monoisotopic (exact) mass is 328 g/mol. The molecule has 3 heteroatoms. The predicted octanol–water partition coefficient (Wildman–Crippen LogP) is 3.09. The lowest BCUT2D eigenvalue weighted by molar-refractivity contribution is 0.553. The lowest BCUT2D eigenvalue weighted by Gasteiger charge is -2.10. The molecule has 86 valence electrons. The first-order chi connectivity index (χ1) is 7.65. The van der Waals surface area contributed by atoms with E-state index in [1.54, 1.807) is 0 Å². The summed E-state index contributed by atoms with van der Waals surface area (Å²) in [4.78, 5) is 2.13. The minimum atomic E-state index is 1.03. The van der Waals surface area contributed by atoms with E-state index in [1.165, 1.54) is 20.4 Å². The summed E-state index contributed by atoms with van der Waals surface area (Å²) in [7, 11) is 4.17. The number of nitrogens with one attached hydrogen (secondary N) is 1. The summed E-state index contributed by atoms with van der Waals surface area (Å²) in [6, 6.07) is 6.63. The molecule has 1 aliphatic heterocycles. The zero-order chi connectivity index (χ0) is 11.5. The predicted molar refractivity (Wildman–Crippen MR) is 77.7 cm³/mol. The summed E-state index contributed by atoms with van der Waals surface area (Å²) in [5, 5.41) is 3.49. The van der Waals surface area contributed by atoms with E-state index in [0.717, 1.165) is 19.4 Å². The number of benzene rings is 1. The molecular formula is C13H17IN2. The average Bonchev–Trinajstić information content (AvgIpc) is 2.37. The van der Waals surface area contributed by atoms with E-state index < -0.39 is 0 Å². The molecule has 0 radical (unpaired) electrons. The number of halogens is 1. The summed E-state index contributed by atoms with van der Waals surface area (Å²) >= 11 is 2.37. The van der Waals surface area contributed by atoms with Crippen molar-refractivity contribution in [1.29, 1.82) is 0 Å². The molecule has 1 heterocycles. The largest absolute Gasteiger partial charge is 0.384 e. The average molecular weight is 328 g/mol. The molecule has 0 atom stereocenters. The number of rotatable bonds is 1. The van der Waals surface area contributed by atoms with Crippen LogP contribution in [0.3, 0.4) is 0 Å². The van der Waals surface area contributed by atoms with Crippen molar-refractivity contribution in [3.05, 3.63) is 39.1 Å². The Morgan fingerprint density at radius 2 is 2.19 bits per heavy atom. The van der Waals surface area contributed by atoms with Gasteiger partial charge in [-0.25, -0.2) is 0 Å². The van der Waals surface area contributed by atoms with Crippen LogP contribution in [0.25, 0.3) is 0 Å². The fourth-order valence-electron chi connectivity index (χ4n) is 2.05. The quantitative estimate of drug-likeness (QED) is 0.797. The van der Waals surface area contributed by atoms with E-state index >= 15 is 0 Å². The van der Waals surface area contributed by atoms with Crippen LogP contribution < -0.4 is 5.32 Å². The third-order valence-electron chi connectivity index (χ3n) is 2.69. The van der Waals surface area contributed by atoms with Crippen molar-refractivity contribution < 1.29 is 0 Å². The second-order valence-electron chi connectivity index (χ2n) is 4.41. The van der Waals surface area contributed by atoms with Gasteiger partial charge in [-0.1, -0.05) is 0 Å². The normalized spacial score (nSPS) is 17.6. The maximum absolute atomic E-state index is 3.49. The zero-order valence-corrected chi connectivity index (χ0v) is 11.9. The molecule has 1 aromatic carbocycles. The van der Waals surface area contributed by atoms with Gasteiger partial charge in [-0.3, -0.25) is 0 Å². The van der Waals surface area contributed by atoms with Gasteiger partial charge >= 0.3 is 0 Å². The molecule has 1 aromatic rings. The van der Waals surface area contributed by atoms with Crippen molar-refractivity contribution in [3.63, 3.8) is 0 Å². The van der Waals surface area contributed by atoms with Crippen LogP contribution >= 0.6 is 22.6 Å². The molecule has 1 N–H and O–H groups in total. The Morgan fingerprint density at radius 3 is 2.94 bits per heavy atom. The maximum atomic E-state index is 3.49. The van der Waals surface area contributed by atoms with Gasteiger partial charge in [0, 0.05) is 29.9 Å². The molecule has 0 amide bonds. The van der Waals surface area contributed by atoms with Crippen LogP contribution in [0.5, 0.6) is 0 Å². The van der Waals surface area contributed by atoms with Gasteiger partial charge in [0.15, 0.2) is 0 Å². The van der Waals surface area contributed by atoms with E-state index in [-0.39, 0.29) is 0 Å². The molecule has 0 spiro atoms. The van der Waals surface area contributed by atoms with Gasteiger partial charge in [0.25, 0.3) is 0 Å². The molecule has 0 aliphatic carbocycles. The number of hydrogen-bond acceptors (Lipinski definition) is 2. The summed E-state index contributed by atoms with van der Waals surface area (Å²) in [6.45, 7) is 1.03. The number of anilines is 1. The van der Waals surface area contributed by atoms with Gasteiger partial charge < -0.3 is 10.2 Å². The zero-order valence-electron chi connectivity index (χ0n) is 9.76. The van der Waals surface area contributed by atoms with Gasteiger partial charge in [-0.2, -0.15) is 0 Å². The van der Waals surface area contributed by atoms with Gasteiger partial charge in [0.1, 0.15) is 0 Å². The van der Waals surface area contributed by atoms with Crippen molar-refractivity contribution in [2.24, 2.45) is 0 Å². The molecule has 0 fully saturated rings. The van der Waals surface area contributed by atoms with Crippen molar-refractivity contribution in [2.75, 3.05) is 26.0 Å². The Labute approximate surface area is 111 Å². The van der Waals surface area contributed by atoms with E-state index in [0.29, 0.717) is 0 Å². The third kappa shape index (κ3) is 2.90. The number of hydrogen-bond donors (Lipinski definition) is 1. The molecule has 1 aliphatic rings. The molecule has 2 rings (SSSR count). The van der Waals surface area contributed by atoms with Gasteiger partial charge in [-0.15, -0.1) is 0 Å². The number of nitrogens with zero attached hydrogens (tertiary/aromatic N) is 1. The lowest BCUT2D eigenvalue weighted by atomic mass is 10.0. The first kappa shape index (κ1) is 11.8. The first-order valence-corrected chi connectivity index (χ1v) is 6.61. The molecular weight excluding hydrogens is 311 g/mol. The minimum absolute atomic E-state index is 1.03. The molecule has 0 bridgehead atoms. The summed E-state index contributed by atoms with van der Waals surface area (Å²) in [6.07, 6.45) is 4.44. The molecule has 0 aromatic heterocycles. The van der Waals surface area contributed by atoms with Crippen LogP contribution in [-0.2, 0) is 6.42 Å². The van der Waals surface area contributed by atoms with Gasteiger partial charge in [-0.05, 0) is 71.0 Å². The van der Waals surface area contributed by atoms with E-state index in [9.17, 15) is 0 Å². The van der Waals surface area contributed by atoms with E-state index in [1.807, 2.05) is 0 Å². The van der Waals surface area contributed by atoms with Crippen molar-refractivity contribution in [3.8, 4) is 0 Å². The van der Waals surface area contributed by atoms with Crippen molar-refractivity contribution in [1.82, 2.24) is 4.90 Å². The SMILES string of the molecule is CN(C)C=C1CCNc2ccc(I)cc2C1. The van der Waals surface area contributed by atoms with Crippen LogP contribution in [0, 0.1) is 3.57 Å². The third-order valence-corrected chi connectivity index (χ3v) is 3.36. The minimum Gasteiger partial charge on any atom is -0.384 e. The highest BCUT2D eigenvalue weighted by molar-refractivity contribution is 14.1. The Morgan fingerprint density at radius 1 is 1.38 bits per heavy atom. The highest BCUT2D eigenvalue weighted by Gasteiger charge is 2.10. The standard InChI is InChI=1S/C13H17IN2/c1-16(2)9-10-5-6-15-13-4-3-12(14)8-11(13)7-10/h3-4,8-9,15H,5-7H2,1-2H3. The van der Waals surface area contributed by atoms with E-state index in [4.69, 9.17) is 0 Å².